The summed E-state index contributed by atoms with van der Waals surface area (Å²) < 4.78 is 5.10. The van der Waals surface area contributed by atoms with Crippen LogP contribution in [0.2, 0.25) is 0 Å². The maximum atomic E-state index is 12.2. The summed E-state index contributed by atoms with van der Waals surface area (Å²) in [7, 11) is 0. The Labute approximate surface area is 137 Å². The molecule has 24 heavy (non-hydrogen) atoms. The summed E-state index contributed by atoms with van der Waals surface area (Å²) >= 11 is 0. The molecule has 0 aromatic heterocycles. The Bertz CT molecular complexity index is 702. The third-order valence-electron chi connectivity index (χ3n) is 3.24. The first-order chi connectivity index (χ1) is 11.6. The van der Waals surface area contributed by atoms with Gasteiger partial charge < -0.3 is 4.74 Å². The monoisotopic (exact) mass is 329 g/mol. The van der Waals surface area contributed by atoms with Crippen LogP contribution < -0.4 is 0 Å². The molecule has 7 heteroatoms. The van der Waals surface area contributed by atoms with Crippen LogP contribution in [0.3, 0.4) is 0 Å². The van der Waals surface area contributed by atoms with Crippen LogP contribution in [0.25, 0.3) is 0 Å². The predicted octanol–water partition coefficient (Wildman–Crippen LogP) is 2.32. The lowest BCUT2D eigenvalue weighted by atomic mass is 9.99. The van der Waals surface area contributed by atoms with Crippen molar-refractivity contribution >= 4 is 11.9 Å². The van der Waals surface area contributed by atoms with Crippen LogP contribution in [-0.4, -0.2) is 17.0 Å². The molecule has 2 aromatic rings. The van der Waals surface area contributed by atoms with Gasteiger partial charge in [0.1, 0.15) is 12.5 Å². The molecule has 0 spiro atoms. The number of nitrogens with zero attached hydrogens (tertiary/aromatic N) is 1. The molecule has 0 saturated heterocycles. The number of hydrogen-bond acceptors (Lipinski definition) is 6. The molecule has 0 heterocycles. The molecule has 0 bridgehead atoms. The Morgan fingerprint density at radius 1 is 0.917 bits per heavy atom. The highest BCUT2D eigenvalue weighted by molar-refractivity contribution is 5.94. The summed E-state index contributed by atoms with van der Waals surface area (Å²) in [4.78, 5) is 38.4. The third kappa shape index (κ3) is 5.20. The van der Waals surface area contributed by atoms with Crippen molar-refractivity contribution in [1.82, 2.24) is 0 Å². The lowest BCUT2D eigenvalue weighted by molar-refractivity contribution is -0.730. The van der Waals surface area contributed by atoms with Crippen LogP contribution in [-0.2, 0) is 32.2 Å². The van der Waals surface area contributed by atoms with Gasteiger partial charge in [-0.2, -0.15) is 0 Å². The van der Waals surface area contributed by atoms with E-state index < -0.39 is 22.9 Å². The molecular weight excluding hydrogens is 314 g/mol. The topological polar surface area (TPSA) is 95.7 Å². The smallest absolute Gasteiger partial charge is 0.319 e. The Balaban J connectivity index is 2.07. The molecule has 1 unspecified atom stereocenters. The van der Waals surface area contributed by atoms with Gasteiger partial charge in [0, 0.05) is 0 Å². The molecule has 1 atom stereocenters. The van der Waals surface area contributed by atoms with E-state index in [1.165, 1.54) is 0 Å². The predicted molar refractivity (Wildman–Crippen MR) is 83.0 cm³/mol. The van der Waals surface area contributed by atoms with Gasteiger partial charge in [0.25, 0.3) is 0 Å². The zero-order valence-electron chi connectivity index (χ0n) is 12.7. The SMILES string of the molecule is O=C(OCc1ccccc1)C(Cc1ccccc1)C(=O)O[N+](=O)[O-]. The zero-order valence-corrected chi connectivity index (χ0v) is 12.7. The first-order valence-corrected chi connectivity index (χ1v) is 7.17. The first-order valence-electron chi connectivity index (χ1n) is 7.17. The number of esters is 1. The Morgan fingerprint density at radius 3 is 2.00 bits per heavy atom. The molecule has 124 valence electrons. The summed E-state index contributed by atoms with van der Waals surface area (Å²) in [5.74, 6) is -3.52. The van der Waals surface area contributed by atoms with E-state index in [4.69, 9.17) is 4.74 Å². The second-order valence-corrected chi connectivity index (χ2v) is 4.97. The molecule has 0 aliphatic carbocycles. The average molecular weight is 329 g/mol. The summed E-state index contributed by atoms with van der Waals surface area (Å²) in [6.07, 6.45) is -0.0405. The molecule has 2 rings (SSSR count). The van der Waals surface area contributed by atoms with Crippen molar-refractivity contribution in [2.24, 2.45) is 5.92 Å². The minimum Gasteiger partial charge on any atom is -0.460 e. The molecule has 0 fully saturated rings. The molecule has 7 nitrogen and oxygen atoms in total. The van der Waals surface area contributed by atoms with Gasteiger partial charge in [0.15, 0.2) is 0 Å². The van der Waals surface area contributed by atoms with E-state index in [0.717, 1.165) is 5.56 Å². The van der Waals surface area contributed by atoms with Gasteiger partial charge in [-0.15, -0.1) is 10.1 Å². The van der Waals surface area contributed by atoms with Gasteiger partial charge in [-0.05, 0) is 17.5 Å². The fourth-order valence-electron chi connectivity index (χ4n) is 2.08. The van der Waals surface area contributed by atoms with Crippen molar-refractivity contribution in [1.29, 1.82) is 0 Å². The van der Waals surface area contributed by atoms with E-state index >= 15 is 0 Å². The van der Waals surface area contributed by atoms with Crippen molar-refractivity contribution in [2.45, 2.75) is 13.0 Å². The van der Waals surface area contributed by atoms with E-state index in [1.807, 2.05) is 6.07 Å². The lowest BCUT2D eigenvalue weighted by Gasteiger charge is -2.14. The first kappa shape index (κ1) is 17.1. The fourth-order valence-corrected chi connectivity index (χ4v) is 2.08. The second kappa shape index (κ2) is 8.42. The molecule has 0 saturated carbocycles. The molecule has 0 radical (unpaired) electrons. The van der Waals surface area contributed by atoms with E-state index in [2.05, 4.69) is 4.84 Å². The van der Waals surface area contributed by atoms with E-state index in [-0.39, 0.29) is 13.0 Å². The van der Waals surface area contributed by atoms with Gasteiger partial charge in [-0.1, -0.05) is 60.7 Å². The van der Waals surface area contributed by atoms with Crippen molar-refractivity contribution in [3.63, 3.8) is 0 Å². The Hall–Kier alpha value is -3.22. The van der Waals surface area contributed by atoms with E-state index in [0.29, 0.717) is 5.56 Å². The highest BCUT2D eigenvalue weighted by atomic mass is 17.0. The van der Waals surface area contributed by atoms with E-state index in [9.17, 15) is 19.7 Å². The summed E-state index contributed by atoms with van der Waals surface area (Å²) in [6, 6.07) is 17.6. The van der Waals surface area contributed by atoms with Crippen LogP contribution in [0, 0.1) is 16.0 Å². The summed E-state index contributed by atoms with van der Waals surface area (Å²) in [6.45, 7) is -0.0310. The van der Waals surface area contributed by atoms with E-state index in [1.54, 1.807) is 54.6 Å². The van der Waals surface area contributed by atoms with Crippen LogP contribution >= 0.6 is 0 Å². The molecule has 2 aromatic carbocycles. The second-order valence-electron chi connectivity index (χ2n) is 4.97. The van der Waals surface area contributed by atoms with Crippen molar-refractivity contribution in [3.05, 3.63) is 81.9 Å². The average Bonchev–Trinajstić information content (AvgIpc) is 2.58. The van der Waals surface area contributed by atoms with Crippen molar-refractivity contribution < 1.29 is 24.3 Å². The van der Waals surface area contributed by atoms with Crippen LogP contribution in [0.15, 0.2) is 60.7 Å². The number of hydrogen-bond donors (Lipinski definition) is 0. The fraction of sp³-hybridized carbons (Fsp3) is 0.176. The summed E-state index contributed by atoms with van der Waals surface area (Å²) in [5, 5.41) is 9.15. The molecule has 0 N–H and O–H groups in total. The normalized spacial score (nSPS) is 11.3. The van der Waals surface area contributed by atoms with Gasteiger partial charge in [-0.3, -0.25) is 9.59 Å². The highest BCUT2D eigenvalue weighted by Crippen LogP contribution is 2.14. The van der Waals surface area contributed by atoms with Gasteiger partial charge in [0.05, 0.1) is 0 Å². The van der Waals surface area contributed by atoms with Crippen LogP contribution in [0.5, 0.6) is 0 Å². The Morgan fingerprint density at radius 2 is 1.46 bits per heavy atom. The number of carbonyl (C=O) groups excluding carboxylic acids is 2. The maximum absolute atomic E-state index is 12.2. The highest BCUT2D eigenvalue weighted by Gasteiger charge is 2.31. The van der Waals surface area contributed by atoms with Crippen molar-refractivity contribution in [3.8, 4) is 0 Å². The minimum absolute atomic E-state index is 0.0310. The molecular formula is C17H15NO6. The molecule has 0 amide bonds. The molecule has 0 aliphatic rings. The van der Waals surface area contributed by atoms with Gasteiger partial charge >= 0.3 is 17.0 Å². The van der Waals surface area contributed by atoms with Crippen LogP contribution in [0.1, 0.15) is 11.1 Å². The third-order valence-corrected chi connectivity index (χ3v) is 3.24. The number of rotatable bonds is 7. The Kier molecular flexibility index (Phi) is 6.01. The number of ether oxygens (including phenoxy) is 1. The van der Waals surface area contributed by atoms with Gasteiger partial charge in [0.2, 0.25) is 0 Å². The minimum atomic E-state index is -1.40. The number of benzene rings is 2. The van der Waals surface area contributed by atoms with Gasteiger partial charge in [-0.25, -0.2) is 4.84 Å². The summed E-state index contributed by atoms with van der Waals surface area (Å²) in [5.41, 5.74) is 1.41. The standard InChI is InChI=1S/C17H15NO6/c19-16(23-12-14-9-5-2-6-10-14)15(17(20)24-18(21)22)11-13-7-3-1-4-8-13/h1-10,15H,11-12H2. The number of carbonyl (C=O) groups is 2. The quantitative estimate of drug-likeness (QED) is 0.335. The van der Waals surface area contributed by atoms with Crippen LogP contribution in [0.4, 0.5) is 0 Å². The van der Waals surface area contributed by atoms with Crippen molar-refractivity contribution in [2.75, 3.05) is 0 Å². The maximum Gasteiger partial charge on any atom is 0.319 e. The zero-order chi connectivity index (χ0) is 17.4. The largest absolute Gasteiger partial charge is 0.460 e. The lowest BCUT2D eigenvalue weighted by Crippen LogP contribution is -2.31. The molecule has 0 aliphatic heterocycles.